The Morgan fingerprint density at radius 3 is 2.54 bits per heavy atom. The lowest BCUT2D eigenvalue weighted by Crippen LogP contribution is -2.31. The highest BCUT2D eigenvalue weighted by Gasteiger charge is 2.35. The van der Waals surface area contributed by atoms with Gasteiger partial charge in [-0.1, -0.05) is 48.0 Å². The number of allylic oxidation sites excluding steroid dienone is 1. The summed E-state index contributed by atoms with van der Waals surface area (Å²) in [5.41, 5.74) is 2.87. The first-order valence-corrected chi connectivity index (χ1v) is 11.2. The number of benzene rings is 3. The van der Waals surface area contributed by atoms with Crippen LogP contribution in [0.2, 0.25) is 5.02 Å². The Bertz CT molecular complexity index is 1450. The van der Waals surface area contributed by atoms with Gasteiger partial charge in [-0.05, 0) is 48.9 Å². The number of nitrogens with zero attached hydrogens (tertiary/aromatic N) is 3. The highest BCUT2D eigenvalue weighted by atomic mass is 35.5. The third-order valence-electron chi connectivity index (χ3n) is 5.75. The molecule has 1 aliphatic rings. The van der Waals surface area contributed by atoms with Gasteiger partial charge in [-0.3, -0.25) is 4.79 Å². The summed E-state index contributed by atoms with van der Waals surface area (Å²) in [6.45, 7) is 1.79. The van der Waals surface area contributed by atoms with Crippen LogP contribution in [0.5, 0.6) is 5.75 Å². The molecule has 35 heavy (non-hydrogen) atoms. The molecule has 0 aliphatic carbocycles. The van der Waals surface area contributed by atoms with Gasteiger partial charge in [0.2, 0.25) is 5.95 Å². The molecule has 9 heteroatoms. The topological polar surface area (TPSA) is 81.1 Å². The molecule has 7 nitrogen and oxygen atoms in total. The van der Waals surface area contributed by atoms with E-state index in [1.165, 1.54) is 19.2 Å². The van der Waals surface area contributed by atoms with Crippen LogP contribution >= 0.6 is 11.6 Å². The van der Waals surface area contributed by atoms with E-state index in [9.17, 15) is 9.18 Å². The average molecular weight is 490 g/mol. The van der Waals surface area contributed by atoms with Gasteiger partial charge in [-0.15, -0.1) is 5.10 Å². The molecule has 0 saturated heterocycles. The van der Waals surface area contributed by atoms with Crippen LogP contribution in [0.3, 0.4) is 0 Å². The fraction of sp³-hybridized carbons (Fsp3) is 0.115. The zero-order valence-electron chi connectivity index (χ0n) is 18.9. The van der Waals surface area contributed by atoms with Crippen molar-refractivity contribution in [2.75, 3.05) is 17.7 Å². The van der Waals surface area contributed by atoms with Crippen LogP contribution in [0.25, 0.3) is 11.4 Å². The summed E-state index contributed by atoms with van der Waals surface area (Å²) < 4.78 is 20.8. The predicted octanol–water partition coefficient (Wildman–Crippen LogP) is 5.67. The van der Waals surface area contributed by atoms with Crippen molar-refractivity contribution in [3.63, 3.8) is 0 Å². The van der Waals surface area contributed by atoms with Gasteiger partial charge in [-0.25, -0.2) is 9.07 Å². The van der Waals surface area contributed by atoms with Crippen LogP contribution in [0, 0.1) is 5.82 Å². The molecule has 5 rings (SSSR count). The fourth-order valence-electron chi connectivity index (χ4n) is 4.09. The molecule has 0 bridgehead atoms. The first-order valence-electron chi connectivity index (χ1n) is 10.9. The molecule has 4 aromatic rings. The highest BCUT2D eigenvalue weighted by Crippen LogP contribution is 2.38. The zero-order chi connectivity index (χ0) is 24.5. The van der Waals surface area contributed by atoms with E-state index in [0.29, 0.717) is 50.6 Å². The third kappa shape index (κ3) is 4.24. The van der Waals surface area contributed by atoms with Gasteiger partial charge >= 0.3 is 0 Å². The fourth-order valence-corrected chi connectivity index (χ4v) is 4.31. The molecule has 0 saturated carbocycles. The van der Waals surface area contributed by atoms with Crippen molar-refractivity contribution in [2.45, 2.75) is 13.0 Å². The lowest BCUT2D eigenvalue weighted by molar-refractivity contribution is -0.113. The van der Waals surface area contributed by atoms with Gasteiger partial charge in [0.1, 0.15) is 17.6 Å². The number of hydrogen-bond donors (Lipinski definition) is 2. The maximum Gasteiger partial charge on any atom is 0.255 e. The van der Waals surface area contributed by atoms with E-state index in [4.69, 9.17) is 21.4 Å². The number of carbonyl (C=O) groups is 1. The third-order valence-corrected chi connectivity index (χ3v) is 6.08. The Morgan fingerprint density at radius 2 is 1.80 bits per heavy atom. The molecule has 176 valence electrons. The van der Waals surface area contributed by atoms with Gasteiger partial charge in [0.05, 0.1) is 23.4 Å². The molecule has 1 aliphatic heterocycles. The summed E-state index contributed by atoms with van der Waals surface area (Å²) >= 11 is 6.38. The number of ether oxygens (including phenoxy) is 1. The Balaban J connectivity index is 1.61. The van der Waals surface area contributed by atoms with E-state index in [0.717, 1.165) is 0 Å². The van der Waals surface area contributed by atoms with Crippen molar-refractivity contribution < 1.29 is 13.9 Å². The zero-order valence-corrected chi connectivity index (χ0v) is 19.7. The smallest absolute Gasteiger partial charge is 0.255 e. The first-order chi connectivity index (χ1) is 17.0. The lowest BCUT2D eigenvalue weighted by atomic mass is 9.95. The number of amides is 1. The van der Waals surface area contributed by atoms with Gasteiger partial charge in [0.25, 0.3) is 5.91 Å². The quantitative estimate of drug-likeness (QED) is 0.377. The van der Waals surface area contributed by atoms with Crippen molar-refractivity contribution in [3.8, 4) is 17.1 Å². The number of halogens is 2. The minimum atomic E-state index is -0.662. The molecule has 2 N–H and O–H groups in total. The van der Waals surface area contributed by atoms with Crippen LogP contribution < -0.4 is 15.4 Å². The van der Waals surface area contributed by atoms with Gasteiger partial charge in [-0.2, -0.15) is 4.98 Å². The number of methoxy groups -OCH3 is 1. The number of rotatable bonds is 5. The number of fused-ring (bicyclic) bond motifs is 1. The van der Waals surface area contributed by atoms with Gasteiger partial charge in [0.15, 0.2) is 5.82 Å². The van der Waals surface area contributed by atoms with E-state index < -0.39 is 6.04 Å². The molecule has 2 heterocycles. The average Bonchev–Trinajstić information content (AvgIpc) is 3.27. The standard InChI is InChI=1S/C26H21ClFN5O2/c1-15-22(25(34)30-20-9-5-6-10-21(20)35-2)23(16-11-13-17(28)14-12-16)33-26(29-15)31-24(32-33)18-7-3-4-8-19(18)27/h3-14,23H,1-2H3,(H,30,34)(H,29,31,32). The highest BCUT2D eigenvalue weighted by molar-refractivity contribution is 6.33. The molecule has 1 amide bonds. The van der Waals surface area contributed by atoms with Crippen LogP contribution in [0.1, 0.15) is 18.5 Å². The van der Waals surface area contributed by atoms with Gasteiger partial charge in [0, 0.05) is 11.3 Å². The Morgan fingerprint density at radius 1 is 1.09 bits per heavy atom. The second-order valence-electron chi connectivity index (χ2n) is 7.96. The van der Waals surface area contributed by atoms with Crippen molar-refractivity contribution in [2.24, 2.45) is 0 Å². The first kappa shape index (κ1) is 22.6. The predicted molar refractivity (Wildman–Crippen MR) is 133 cm³/mol. The van der Waals surface area contributed by atoms with E-state index >= 15 is 0 Å². The molecule has 1 unspecified atom stereocenters. The lowest BCUT2D eigenvalue weighted by Gasteiger charge is -2.28. The van der Waals surface area contributed by atoms with E-state index in [2.05, 4.69) is 15.6 Å². The SMILES string of the molecule is COc1ccccc1NC(=O)C1=C(C)Nc2nc(-c3ccccc3Cl)nn2C1c1ccc(F)cc1. The normalized spacial score (nSPS) is 14.8. The summed E-state index contributed by atoms with van der Waals surface area (Å²) in [4.78, 5) is 18.2. The molecule has 3 aromatic carbocycles. The van der Waals surface area contributed by atoms with Crippen molar-refractivity contribution in [1.29, 1.82) is 0 Å². The molecule has 0 spiro atoms. The Hall–Kier alpha value is -4.17. The minimum Gasteiger partial charge on any atom is -0.495 e. The monoisotopic (exact) mass is 489 g/mol. The van der Waals surface area contributed by atoms with Crippen molar-refractivity contribution in [1.82, 2.24) is 14.8 Å². The van der Waals surface area contributed by atoms with Crippen LogP contribution in [0.15, 0.2) is 84.1 Å². The number of nitrogens with one attached hydrogen (secondary N) is 2. The molecular weight excluding hydrogens is 469 g/mol. The molecule has 0 radical (unpaired) electrons. The number of carbonyl (C=O) groups excluding carboxylic acids is 1. The summed E-state index contributed by atoms with van der Waals surface area (Å²) in [5, 5.41) is 11.3. The van der Waals surface area contributed by atoms with Crippen molar-refractivity contribution in [3.05, 3.63) is 100 Å². The molecule has 1 atom stereocenters. The number of anilines is 2. The second kappa shape index (κ2) is 9.23. The minimum absolute atomic E-state index is 0.353. The summed E-state index contributed by atoms with van der Waals surface area (Å²) in [6.07, 6.45) is 0. The second-order valence-corrected chi connectivity index (χ2v) is 8.36. The number of hydrogen-bond acceptors (Lipinski definition) is 5. The van der Waals surface area contributed by atoms with Gasteiger partial charge < -0.3 is 15.4 Å². The molecular formula is C26H21ClFN5O2. The van der Waals surface area contributed by atoms with Crippen LogP contribution in [-0.2, 0) is 4.79 Å². The maximum absolute atomic E-state index is 13.8. The summed E-state index contributed by atoms with van der Waals surface area (Å²) in [6, 6.07) is 19.7. The summed E-state index contributed by atoms with van der Waals surface area (Å²) in [5.74, 6) is 0.655. The maximum atomic E-state index is 13.8. The van der Waals surface area contributed by atoms with E-state index in [1.807, 2.05) is 24.3 Å². The van der Waals surface area contributed by atoms with Crippen molar-refractivity contribution >= 4 is 29.1 Å². The molecule has 0 fully saturated rings. The van der Waals surface area contributed by atoms with E-state index in [1.54, 1.807) is 48.0 Å². The summed E-state index contributed by atoms with van der Waals surface area (Å²) in [7, 11) is 1.54. The number of aromatic nitrogens is 3. The molecule has 1 aromatic heterocycles. The van der Waals surface area contributed by atoms with E-state index in [-0.39, 0.29) is 11.7 Å². The van der Waals surface area contributed by atoms with Crippen LogP contribution in [0.4, 0.5) is 16.0 Å². The Kier molecular flexibility index (Phi) is 5.96. The number of para-hydroxylation sites is 2. The largest absolute Gasteiger partial charge is 0.495 e. The Labute approximate surface area is 206 Å². The van der Waals surface area contributed by atoms with Crippen LogP contribution in [-0.4, -0.2) is 27.8 Å².